The summed E-state index contributed by atoms with van der Waals surface area (Å²) in [5.74, 6) is -24.7. The number of hydrogen-bond acceptors (Lipinski definition) is 22. The molecule has 0 saturated carbocycles. The van der Waals surface area contributed by atoms with E-state index in [-0.39, 0.29) is 37.4 Å². The van der Waals surface area contributed by atoms with Gasteiger partial charge in [0.25, 0.3) is 0 Å². The Labute approximate surface area is 591 Å². The maximum Gasteiger partial charge on any atom is 0.328 e. The molecular weight excluding hydrogens is 1370 g/mol. The van der Waals surface area contributed by atoms with Crippen molar-refractivity contribution in [1.82, 2.24) is 63.8 Å². The fourth-order valence-corrected chi connectivity index (χ4v) is 9.62. The van der Waals surface area contributed by atoms with Gasteiger partial charge in [-0.3, -0.25) is 81.5 Å². The molecule has 14 amide bonds. The van der Waals surface area contributed by atoms with E-state index in [1.807, 2.05) is 16.0 Å². The Hall–Kier alpha value is -10.6. The van der Waals surface area contributed by atoms with Crippen LogP contribution < -0.4 is 81.0 Å². The molecule has 16 atom stereocenters. The molecule has 0 aliphatic rings. The molecule has 0 aliphatic carbocycles. The minimum atomic E-state index is -2.15. The number of amides is 14. The molecule has 40 heteroatoms. The summed E-state index contributed by atoms with van der Waals surface area (Å²) in [6.45, 7) is 14.1. The first-order valence-corrected chi connectivity index (χ1v) is 32.8. The lowest BCUT2D eigenvalue weighted by molar-refractivity contribution is -0.145. The number of carboxylic acids is 4. The minimum Gasteiger partial charge on any atom is -0.508 e. The average molecular weight is 1470 g/mol. The number of carbonyl (C=O) groups excluding carboxylic acids is 14. The van der Waals surface area contributed by atoms with Crippen LogP contribution in [0.5, 0.6) is 5.75 Å². The maximum atomic E-state index is 14.2. The van der Waals surface area contributed by atoms with E-state index in [1.165, 1.54) is 12.1 Å². The summed E-state index contributed by atoms with van der Waals surface area (Å²) in [7, 11) is 0. The molecular formula is C63H99N15O25. The lowest BCUT2D eigenvalue weighted by atomic mass is 9.96. The van der Waals surface area contributed by atoms with Gasteiger partial charge in [-0.05, 0) is 95.2 Å². The predicted molar refractivity (Wildman–Crippen MR) is 357 cm³/mol. The van der Waals surface area contributed by atoms with E-state index in [2.05, 4.69) is 47.9 Å². The summed E-state index contributed by atoms with van der Waals surface area (Å²) in [4.78, 5) is 237. The number of nitrogens with one attached hydrogen (secondary N) is 12. The van der Waals surface area contributed by atoms with E-state index < -0.39 is 254 Å². The summed E-state index contributed by atoms with van der Waals surface area (Å²) in [5, 5.41) is 95.2. The zero-order valence-corrected chi connectivity index (χ0v) is 58.7. The lowest BCUT2D eigenvalue weighted by Crippen LogP contribution is -2.62. The zero-order valence-electron chi connectivity index (χ0n) is 58.7. The van der Waals surface area contributed by atoms with Gasteiger partial charge in [-0.2, -0.15) is 0 Å². The fourth-order valence-electron chi connectivity index (χ4n) is 9.62. The SMILES string of the molecule is CC[C@H](C)[C@H](NC(=O)[C@H](CC(C)C)NC(=O)[C@@H](N)Cc1ccc(O)cc1)C(=O)N[C@@H](CCC(=O)O)C(=O)N[C@@H](CCC(=O)O)C(=O)N[C@H](C(=O)N[C@@H](C)C(=O)N[C@@H](CC(N)=O)C(=O)N[C@@H](CC(N)=O)C(=O)N[C@@H](CC(=O)O)C(=O)N[C@@H](CC(C)C)C(=O)N[C@@H](C)C(=O)N[C@H](C(=O)O)[C@@H](C)O)[C@@H](C)O. The van der Waals surface area contributed by atoms with Crippen LogP contribution in [0.4, 0.5) is 0 Å². The van der Waals surface area contributed by atoms with E-state index in [9.17, 15) is 122 Å². The number of hydrogen-bond donors (Lipinski definition) is 22. The first kappa shape index (κ1) is 90.4. The van der Waals surface area contributed by atoms with Crippen molar-refractivity contribution in [1.29, 1.82) is 0 Å². The Morgan fingerprint density at radius 1 is 0.379 bits per heavy atom. The maximum absolute atomic E-state index is 14.2. The van der Waals surface area contributed by atoms with Crippen molar-refractivity contribution in [2.45, 2.75) is 231 Å². The van der Waals surface area contributed by atoms with Crippen LogP contribution in [-0.4, -0.2) is 233 Å². The number of aromatic hydroxyl groups is 1. The number of carboxylic acid groups (broad SMARTS) is 4. The summed E-state index contributed by atoms with van der Waals surface area (Å²) in [5.41, 5.74) is 17.5. The first-order chi connectivity index (χ1) is 47.8. The molecule has 0 unspecified atom stereocenters. The van der Waals surface area contributed by atoms with Crippen LogP contribution in [0.2, 0.25) is 0 Å². The van der Waals surface area contributed by atoms with Crippen LogP contribution in [0, 0.1) is 17.8 Å². The van der Waals surface area contributed by atoms with E-state index >= 15 is 0 Å². The molecule has 40 nitrogen and oxygen atoms in total. The summed E-state index contributed by atoms with van der Waals surface area (Å²) in [6, 6.07) is -16.9. The van der Waals surface area contributed by atoms with E-state index in [1.54, 1.807) is 53.7 Å². The number of phenols is 1. The number of carbonyl (C=O) groups is 18. The van der Waals surface area contributed by atoms with Crippen molar-refractivity contribution in [2.75, 3.05) is 0 Å². The molecule has 0 heterocycles. The van der Waals surface area contributed by atoms with Crippen molar-refractivity contribution in [2.24, 2.45) is 35.0 Å². The van der Waals surface area contributed by atoms with Gasteiger partial charge in [-0.1, -0.05) is 60.1 Å². The molecule has 0 spiro atoms. The lowest BCUT2D eigenvalue weighted by Gasteiger charge is -2.30. The molecule has 1 aromatic rings. The Kier molecular flexibility index (Phi) is 38.5. The van der Waals surface area contributed by atoms with Crippen molar-refractivity contribution in [3.63, 3.8) is 0 Å². The van der Waals surface area contributed by atoms with Gasteiger partial charge in [0.05, 0.1) is 37.5 Å². The van der Waals surface area contributed by atoms with Gasteiger partial charge in [0.2, 0.25) is 82.7 Å². The second-order valence-corrected chi connectivity index (χ2v) is 25.6. The van der Waals surface area contributed by atoms with Crippen molar-refractivity contribution in [3.8, 4) is 5.75 Å². The molecule has 0 aromatic heterocycles. The Morgan fingerprint density at radius 2 is 0.699 bits per heavy atom. The van der Waals surface area contributed by atoms with Crippen molar-refractivity contribution in [3.05, 3.63) is 29.8 Å². The van der Waals surface area contributed by atoms with Crippen LogP contribution in [0.15, 0.2) is 24.3 Å². The molecule has 0 bridgehead atoms. The quantitative estimate of drug-likeness (QED) is 0.0288. The number of nitrogens with two attached hydrogens (primary N) is 3. The standard InChI is InChI=1S/C63H99N15O25/c1-11-28(6)48(76-60(99)39(21-27(4)5)72-53(92)35(64)22-33-12-14-34(81)15-13-33)61(100)70-36(16-18-45(84)85)54(93)69-37(17-19-46(86)87)55(94)77-49(31(9)79)62(101)68-29(7)51(90)71-40(23-43(65)82)57(96)74-41(24-44(66)83)58(97)75-42(25-47(88)89)59(98)73-38(20-26(2)3)56(95)67-30(8)52(91)78-50(32(10)80)63(102)103/h12-15,26-32,35-42,48-50,79-81H,11,16-25,64H2,1-10H3,(H2,65,82)(H2,66,83)(H,67,95)(H,68,101)(H,69,93)(H,70,100)(H,71,90)(H,72,92)(H,73,98)(H,74,96)(H,75,97)(H,76,99)(H,77,94)(H,78,91)(H,84,85)(H,86,87)(H,88,89)(H,102,103)/t28-,29-,30-,31+,32+,35-,36-,37-,38-,39-,40-,41-,42-,48-,49-,50-/m0/s1. The van der Waals surface area contributed by atoms with E-state index in [4.69, 9.17) is 17.2 Å². The van der Waals surface area contributed by atoms with Gasteiger partial charge in [-0.25, -0.2) is 4.79 Å². The summed E-state index contributed by atoms with van der Waals surface area (Å²) < 4.78 is 0. The van der Waals surface area contributed by atoms with E-state index in [0.29, 0.717) is 5.56 Å². The van der Waals surface area contributed by atoms with Crippen molar-refractivity contribution < 1.29 is 122 Å². The predicted octanol–water partition coefficient (Wildman–Crippen LogP) is -6.94. The van der Waals surface area contributed by atoms with Crippen LogP contribution in [0.1, 0.15) is 139 Å². The highest BCUT2D eigenvalue weighted by Gasteiger charge is 2.39. The van der Waals surface area contributed by atoms with Gasteiger partial charge < -0.3 is 117 Å². The number of phenolic OH excluding ortho intramolecular Hbond substituents is 1. The fraction of sp³-hybridized carbons (Fsp3) is 0.619. The normalized spacial score (nSPS) is 15.8. The topological polar surface area (TPSA) is 671 Å². The van der Waals surface area contributed by atoms with Crippen molar-refractivity contribution >= 4 is 107 Å². The molecule has 0 saturated heterocycles. The number of benzene rings is 1. The minimum absolute atomic E-state index is 0.0139. The molecule has 25 N–H and O–H groups in total. The number of primary amides is 2. The number of rotatable bonds is 47. The third-order valence-electron chi connectivity index (χ3n) is 15.5. The van der Waals surface area contributed by atoms with Crippen LogP contribution >= 0.6 is 0 Å². The monoisotopic (exact) mass is 1470 g/mol. The summed E-state index contributed by atoms with van der Waals surface area (Å²) in [6.07, 6.45) is -9.86. The van der Waals surface area contributed by atoms with Crippen LogP contribution in [0.25, 0.3) is 0 Å². The number of aliphatic hydroxyl groups excluding tert-OH is 2. The Bertz CT molecular complexity index is 3200. The van der Waals surface area contributed by atoms with Gasteiger partial charge in [0, 0.05) is 12.8 Å². The number of aliphatic carboxylic acids is 4. The molecule has 0 radical (unpaired) electrons. The highest BCUT2D eigenvalue weighted by Crippen LogP contribution is 2.16. The first-order valence-electron chi connectivity index (χ1n) is 32.8. The average Bonchev–Trinajstić information content (AvgIpc) is 0.865. The van der Waals surface area contributed by atoms with Gasteiger partial charge in [0.1, 0.15) is 72.2 Å². The van der Waals surface area contributed by atoms with Crippen LogP contribution in [0.3, 0.4) is 0 Å². The molecule has 0 aliphatic heterocycles. The van der Waals surface area contributed by atoms with Gasteiger partial charge >= 0.3 is 23.9 Å². The number of aliphatic hydroxyl groups is 2. The highest BCUT2D eigenvalue weighted by atomic mass is 16.4. The second kappa shape index (κ2) is 43.9. The third-order valence-corrected chi connectivity index (χ3v) is 15.5. The smallest absolute Gasteiger partial charge is 0.328 e. The zero-order chi connectivity index (χ0) is 79.0. The molecule has 1 aromatic carbocycles. The van der Waals surface area contributed by atoms with E-state index in [0.717, 1.165) is 27.7 Å². The Balaban J connectivity index is 3.48. The summed E-state index contributed by atoms with van der Waals surface area (Å²) >= 11 is 0. The van der Waals surface area contributed by atoms with Gasteiger partial charge in [-0.15, -0.1) is 0 Å². The highest BCUT2D eigenvalue weighted by molar-refractivity contribution is 6.02. The molecule has 1 rings (SSSR count). The van der Waals surface area contributed by atoms with Crippen LogP contribution in [-0.2, 0) is 92.7 Å². The Morgan fingerprint density at radius 3 is 1.10 bits per heavy atom. The largest absolute Gasteiger partial charge is 0.508 e. The second-order valence-electron chi connectivity index (χ2n) is 25.6. The molecule has 576 valence electrons. The third kappa shape index (κ3) is 33.6. The molecule has 103 heavy (non-hydrogen) atoms. The van der Waals surface area contributed by atoms with Gasteiger partial charge in [0.15, 0.2) is 6.04 Å². The molecule has 0 fully saturated rings.